The predicted octanol–water partition coefficient (Wildman–Crippen LogP) is 2.62. The van der Waals surface area contributed by atoms with Gasteiger partial charge in [-0.05, 0) is 34.1 Å². The zero-order valence-corrected chi connectivity index (χ0v) is 12.1. The van der Waals surface area contributed by atoms with E-state index in [4.69, 9.17) is 0 Å². The van der Waals surface area contributed by atoms with Gasteiger partial charge in [0.05, 0.1) is 11.2 Å². The van der Waals surface area contributed by atoms with E-state index in [1.165, 1.54) is 12.8 Å². The molecule has 0 aliphatic heterocycles. The van der Waals surface area contributed by atoms with Crippen LogP contribution in [0.4, 0.5) is 0 Å². The van der Waals surface area contributed by atoms with Crippen LogP contribution in [0.15, 0.2) is 0 Å². The van der Waals surface area contributed by atoms with E-state index in [9.17, 15) is 15.3 Å². The predicted molar refractivity (Wildman–Crippen MR) is 70.9 cm³/mol. The Labute approximate surface area is 106 Å². The maximum atomic E-state index is 10.5. The molecule has 0 bridgehead atoms. The Morgan fingerprint density at radius 1 is 0.706 bits per heavy atom. The first-order valence-corrected chi connectivity index (χ1v) is 6.73. The Morgan fingerprint density at radius 2 is 1.12 bits per heavy atom. The van der Waals surface area contributed by atoms with Crippen LogP contribution in [-0.4, -0.2) is 32.1 Å². The highest BCUT2D eigenvalue weighted by Gasteiger charge is 2.52. The topological polar surface area (TPSA) is 60.7 Å². The second-order valence-corrected chi connectivity index (χ2v) is 6.14. The lowest BCUT2D eigenvalue weighted by Gasteiger charge is -2.47. The van der Waals surface area contributed by atoms with Gasteiger partial charge in [-0.2, -0.15) is 0 Å². The Bertz CT molecular complexity index is 196. The van der Waals surface area contributed by atoms with Gasteiger partial charge in [-0.1, -0.05) is 39.0 Å². The minimum atomic E-state index is -1.47. The van der Waals surface area contributed by atoms with E-state index in [0.29, 0.717) is 6.42 Å². The highest BCUT2D eigenvalue weighted by atomic mass is 16.4. The molecule has 0 radical (unpaired) electrons. The van der Waals surface area contributed by atoms with Gasteiger partial charge in [-0.25, -0.2) is 0 Å². The van der Waals surface area contributed by atoms with Crippen LogP contribution in [0.5, 0.6) is 0 Å². The number of rotatable bonds is 8. The molecule has 104 valence electrons. The molecule has 3 nitrogen and oxygen atoms in total. The average molecular weight is 246 g/mol. The zero-order chi connectivity index (χ0) is 13.7. The van der Waals surface area contributed by atoms with Gasteiger partial charge in [0.1, 0.15) is 5.60 Å². The van der Waals surface area contributed by atoms with Crippen molar-refractivity contribution in [1.29, 1.82) is 0 Å². The summed E-state index contributed by atoms with van der Waals surface area (Å²) in [5, 5.41) is 30.7. The molecular weight excluding hydrogens is 216 g/mol. The van der Waals surface area contributed by atoms with Gasteiger partial charge in [-0.3, -0.25) is 0 Å². The second-order valence-electron chi connectivity index (χ2n) is 6.14. The van der Waals surface area contributed by atoms with Crippen LogP contribution in [0, 0.1) is 0 Å². The molecule has 0 atom stereocenters. The summed E-state index contributed by atoms with van der Waals surface area (Å²) in [4.78, 5) is 0. The number of aliphatic hydroxyl groups is 3. The van der Waals surface area contributed by atoms with Crippen molar-refractivity contribution in [2.75, 3.05) is 0 Å². The largest absolute Gasteiger partial charge is 0.387 e. The van der Waals surface area contributed by atoms with Crippen LogP contribution >= 0.6 is 0 Å². The maximum Gasteiger partial charge on any atom is 0.121 e. The van der Waals surface area contributed by atoms with E-state index < -0.39 is 16.8 Å². The molecule has 0 aliphatic rings. The van der Waals surface area contributed by atoms with E-state index in [2.05, 4.69) is 6.92 Å². The van der Waals surface area contributed by atoms with Crippen molar-refractivity contribution in [3.63, 3.8) is 0 Å². The van der Waals surface area contributed by atoms with Crippen molar-refractivity contribution >= 4 is 0 Å². The molecule has 0 aliphatic carbocycles. The van der Waals surface area contributed by atoms with Crippen LogP contribution in [0.1, 0.15) is 73.1 Å². The second kappa shape index (κ2) is 6.17. The number of hydrogen-bond acceptors (Lipinski definition) is 3. The molecule has 0 spiro atoms. The summed E-state index contributed by atoms with van der Waals surface area (Å²) in [5.74, 6) is 0. The summed E-state index contributed by atoms with van der Waals surface area (Å²) in [7, 11) is 0. The summed E-state index contributed by atoms with van der Waals surface area (Å²) in [6.07, 6.45) is 5.80. The third-order valence-corrected chi connectivity index (χ3v) is 3.67. The standard InChI is InChI=1S/C14H30O3/c1-6-7-8-9-10-11-14(17,12(2,3)15)13(4,5)16/h15-17H,6-11H2,1-5H3. The lowest BCUT2D eigenvalue weighted by Crippen LogP contribution is -2.63. The Morgan fingerprint density at radius 3 is 1.47 bits per heavy atom. The SMILES string of the molecule is CCCCCCCC(O)(C(C)(C)O)C(C)(C)O. The molecule has 0 heterocycles. The molecule has 0 aromatic heterocycles. The Kier molecular flexibility index (Phi) is 6.12. The fourth-order valence-corrected chi connectivity index (χ4v) is 2.34. The Balaban J connectivity index is 4.44. The first-order chi connectivity index (χ1) is 7.56. The third-order valence-electron chi connectivity index (χ3n) is 3.67. The normalized spacial score (nSPS) is 14.1. The van der Waals surface area contributed by atoms with Gasteiger partial charge in [0.25, 0.3) is 0 Å². The zero-order valence-electron chi connectivity index (χ0n) is 12.1. The highest BCUT2D eigenvalue weighted by Crippen LogP contribution is 2.37. The third kappa shape index (κ3) is 4.57. The molecule has 0 unspecified atom stereocenters. The van der Waals surface area contributed by atoms with E-state index in [1.807, 2.05) is 0 Å². The molecule has 17 heavy (non-hydrogen) atoms. The summed E-state index contributed by atoms with van der Waals surface area (Å²) in [6, 6.07) is 0. The van der Waals surface area contributed by atoms with Gasteiger partial charge >= 0.3 is 0 Å². The molecule has 0 aromatic rings. The van der Waals surface area contributed by atoms with Crippen LogP contribution in [0.3, 0.4) is 0 Å². The fraction of sp³-hybridized carbons (Fsp3) is 1.00. The average Bonchev–Trinajstić information content (AvgIpc) is 2.13. The van der Waals surface area contributed by atoms with Gasteiger partial charge in [0.15, 0.2) is 0 Å². The van der Waals surface area contributed by atoms with E-state index >= 15 is 0 Å². The van der Waals surface area contributed by atoms with Crippen molar-refractivity contribution in [1.82, 2.24) is 0 Å². The molecule has 0 saturated heterocycles. The summed E-state index contributed by atoms with van der Waals surface area (Å²) >= 11 is 0. The lowest BCUT2D eigenvalue weighted by atomic mass is 9.71. The maximum absolute atomic E-state index is 10.5. The van der Waals surface area contributed by atoms with Crippen molar-refractivity contribution < 1.29 is 15.3 Å². The highest BCUT2D eigenvalue weighted by molar-refractivity contribution is 5.04. The minimum Gasteiger partial charge on any atom is -0.387 e. The molecule has 0 amide bonds. The summed E-state index contributed by atoms with van der Waals surface area (Å²) in [5.41, 5.74) is -4.09. The summed E-state index contributed by atoms with van der Waals surface area (Å²) < 4.78 is 0. The van der Waals surface area contributed by atoms with Crippen molar-refractivity contribution in [3.05, 3.63) is 0 Å². The molecule has 0 rings (SSSR count). The van der Waals surface area contributed by atoms with Gasteiger partial charge in [0, 0.05) is 0 Å². The van der Waals surface area contributed by atoms with Crippen LogP contribution < -0.4 is 0 Å². The smallest absolute Gasteiger partial charge is 0.121 e. The minimum absolute atomic E-state index is 0.420. The fourth-order valence-electron chi connectivity index (χ4n) is 2.34. The first kappa shape index (κ1) is 16.9. The van der Waals surface area contributed by atoms with Crippen molar-refractivity contribution in [2.24, 2.45) is 0 Å². The van der Waals surface area contributed by atoms with E-state index in [1.54, 1.807) is 27.7 Å². The van der Waals surface area contributed by atoms with Gasteiger partial charge in [0.2, 0.25) is 0 Å². The van der Waals surface area contributed by atoms with E-state index in [0.717, 1.165) is 19.3 Å². The molecule has 0 fully saturated rings. The van der Waals surface area contributed by atoms with Crippen molar-refractivity contribution in [2.45, 2.75) is 89.9 Å². The molecule has 3 N–H and O–H groups in total. The quantitative estimate of drug-likeness (QED) is 0.577. The molecule has 0 aromatic carbocycles. The van der Waals surface area contributed by atoms with Crippen LogP contribution in [-0.2, 0) is 0 Å². The number of unbranched alkanes of at least 4 members (excludes halogenated alkanes) is 4. The Hall–Kier alpha value is -0.120. The lowest BCUT2D eigenvalue weighted by molar-refractivity contribution is -0.226. The van der Waals surface area contributed by atoms with Crippen molar-refractivity contribution in [3.8, 4) is 0 Å². The molecule has 3 heteroatoms. The number of hydrogen-bond donors (Lipinski definition) is 3. The van der Waals surface area contributed by atoms with Gasteiger partial charge < -0.3 is 15.3 Å². The molecular formula is C14H30O3. The van der Waals surface area contributed by atoms with Gasteiger partial charge in [-0.15, -0.1) is 0 Å². The molecule has 0 saturated carbocycles. The van der Waals surface area contributed by atoms with E-state index in [-0.39, 0.29) is 0 Å². The first-order valence-electron chi connectivity index (χ1n) is 6.73. The van der Waals surface area contributed by atoms with Crippen LogP contribution in [0.2, 0.25) is 0 Å². The van der Waals surface area contributed by atoms with Crippen LogP contribution in [0.25, 0.3) is 0 Å². The monoisotopic (exact) mass is 246 g/mol. The summed E-state index contributed by atoms with van der Waals surface area (Å²) in [6.45, 7) is 8.37.